The zero-order valence-electron chi connectivity index (χ0n) is 14.7. The SMILES string of the molecule is Cc1cc(C(=O)NC2CCC(C(=O)O)CC2)c(C)n1-c1ccccc1. The van der Waals surface area contributed by atoms with Crippen molar-refractivity contribution < 1.29 is 14.7 Å². The fourth-order valence-electron chi connectivity index (χ4n) is 3.71. The minimum absolute atomic E-state index is 0.0582. The maximum atomic E-state index is 12.7. The van der Waals surface area contributed by atoms with Crippen molar-refractivity contribution in [1.29, 1.82) is 0 Å². The lowest BCUT2D eigenvalue weighted by Gasteiger charge is -2.26. The summed E-state index contributed by atoms with van der Waals surface area (Å²) in [5.74, 6) is -1.07. The third kappa shape index (κ3) is 3.60. The zero-order chi connectivity index (χ0) is 18.0. The Morgan fingerprint density at radius 3 is 2.32 bits per heavy atom. The van der Waals surface area contributed by atoms with E-state index >= 15 is 0 Å². The van der Waals surface area contributed by atoms with Crippen molar-refractivity contribution in [3.63, 3.8) is 0 Å². The number of aromatic nitrogens is 1. The van der Waals surface area contributed by atoms with Crippen molar-refractivity contribution in [1.82, 2.24) is 9.88 Å². The monoisotopic (exact) mass is 340 g/mol. The van der Waals surface area contributed by atoms with Gasteiger partial charge in [-0.2, -0.15) is 0 Å². The predicted molar refractivity (Wildman–Crippen MR) is 96.1 cm³/mol. The number of aliphatic carboxylic acids is 1. The lowest BCUT2D eigenvalue weighted by molar-refractivity contribution is -0.142. The molecule has 0 aliphatic heterocycles. The van der Waals surface area contributed by atoms with Crippen LogP contribution in [0.5, 0.6) is 0 Å². The number of carboxylic acids is 1. The number of nitrogens with one attached hydrogen (secondary N) is 1. The highest BCUT2D eigenvalue weighted by molar-refractivity contribution is 5.96. The molecule has 1 saturated carbocycles. The van der Waals surface area contributed by atoms with Crippen LogP contribution in [0.25, 0.3) is 5.69 Å². The Bertz CT molecular complexity index is 772. The fraction of sp³-hybridized carbons (Fsp3) is 0.400. The van der Waals surface area contributed by atoms with E-state index in [1.54, 1.807) is 0 Å². The minimum Gasteiger partial charge on any atom is -0.481 e. The maximum absolute atomic E-state index is 12.7. The van der Waals surface area contributed by atoms with Crippen LogP contribution in [0.1, 0.15) is 47.4 Å². The van der Waals surface area contributed by atoms with E-state index in [1.807, 2.05) is 50.2 Å². The van der Waals surface area contributed by atoms with Crippen molar-refractivity contribution in [3.8, 4) is 5.69 Å². The zero-order valence-corrected chi connectivity index (χ0v) is 14.7. The van der Waals surface area contributed by atoms with Gasteiger partial charge in [-0.25, -0.2) is 0 Å². The van der Waals surface area contributed by atoms with Crippen LogP contribution in [0, 0.1) is 19.8 Å². The molecule has 2 N–H and O–H groups in total. The van der Waals surface area contributed by atoms with Crippen molar-refractivity contribution in [2.45, 2.75) is 45.6 Å². The van der Waals surface area contributed by atoms with Crippen LogP contribution in [0.4, 0.5) is 0 Å². The molecule has 1 heterocycles. The maximum Gasteiger partial charge on any atom is 0.306 e. The van der Waals surface area contributed by atoms with Crippen molar-refractivity contribution in [2.75, 3.05) is 0 Å². The quantitative estimate of drug-likeness (QED) is 0.895. The van der Waals surface area contributed by atoms with E-state index in [1.165, 1.54) is 0 Å². The van der Waals surface area contributed by atoms with Crippen LogP contribution in [0.2, 0.25) is 0 Å². The van der Waals surface area contributed by atoms with E-state index in [0.717, 1.165) is 29.9 Å². The van der Waals surface area contributed by atoms with Crippen molar-refractivity contribution >= 4 is 11.9 Å². The summed E-state index contributed by atoms with van der Waals surface area (Å²) in [4.78, 5) is 23.7. The van der Waals surface area contributed by atoms with Gasteiger partial charge in [0.25, 0.3) is 5.91 Å². The lowest BCUT2D eigenvalue weighted by Crippen LogP contribution is -2.38. The second-order valence-electron chi connectivity index (χ2n) is 6.82. The molecule has 0 unspecified atom stereocenters. The standard InChI is InChI=1S/C20H24N2O3/c1-13-12-18(14(2)22(13)17-6-4-3-5-7-17)19(23)21-16-10-8-15(9-11-16)20(24)25/h3-7,12,15-16H,8-11H2,1-2H3,(H,21,23)(H,24,25). The van der Waals surface area contributed by atoms with Gasteiger partial charge in [-0.05, 0) is 57.7 Å². The van der Waals surface area contributed by atoms with Crippen LogP contribution < -0.4 is 5.32 Å². The van der Waals surface area contributed by atoms with Crippen LogP contribution >= 0.6 is 0 Å². The highest BCUT2D eigenvalue weighted by Gasteiger charge is 2.27. The number of carbonyl (C=O) groups is 2. The first kappa shape index (κ1) is 17.3. The van der Waals surface area contributed by atoms with E-state index in [9.17, 15) is 9.59 Å². The molecule has 1 aliphatic rings. The first-order valence-electron chi connectivity index (χ1n) is 8.75. The third-order valence-corrected chi connectivity index (χ3v) is 5.10. The molecule has 0 bridgehead atoms. The molecular weight excluding hydrogens is 316 g/mol. The van der Waals surface area contributed by atoms with E-state index < -0.39 is 5.97 Å². The highest BCUT2D eigenvalue weighted by atomic mass is 16.4. The smallest absolute Gasteiger partial charge is 0.306 e. The Kier molecular flexibility index (Phi) is 4.93. The number of carboxylic acid groups (broad SMARTS) is 1. The van der Waals surface area contributed by atoms with Gasteiger partial charge in [0.05, 0.1) is 11.5 Å². The number of hydrogen-bond donors (Lipinski definition) is 2. The van der Waals surface area contributed by atoms with Crippen LogP contribution in [-0.2, 0) is 4.79 Å². The van der Waals surface area contributed by atoms with Crippen LogP contribution in [-0.4, -0.2) is 27.6 Å². The molecule has 0 atom stereocenters. The Hall–Kier alpha value is -2.56. The first-order chi connectivity index (χ1) is 12.0. The van der Waals surface area contributed by atoms with Crippen LogP contribution in [0.3, 0.4) is 0 Å². The van der Waals surface area contributed by atoms with Gasteiger partial charge in [0.2, 0.25) is 0 Å². The van der Waals surface area contributed by atoms with Gasteiger partial charge in [-0.15, -0.1) is 0 Å². The Morgan fingerprint density at radius 2 is 1.72 bits per heavy atom. The normalized spacial score (nSPS) is 20.2. The molecular formula is C20H24N2O3. The third-order valence-electron chi connectivity index (χ3n) is 5.10. The summed E-state index contributed by atoms with van der Waals surface area (Å²) in [7, 11) is 0. The number of amides is 1. The van der Waals surface area contributed by atoms with E-state index in [-0.39, 0.29) is 17.9 Å². The molecule has 1 fully saturated rings. The predicted octanol–water partition coefficient (Wildman–Crippen LogP) is 3.47. The Morgan fingerprint density at radius 1 is 1.08 bits per heavy atom. The molecule has 0 saturated heterocycles. The molecule has 3 rings (SSSR count). The molecule has 0 spiro atoms. The number of rotatable bonds is 4. The summed E-state index contributed by atoms with van der Waals surface area (Å²) in [5, 5.41) is 12.2. The number of hydrogen-bond acceptors (Lipinski definition) is 2. The largest absolute Gasteiger partial charge is 0.481 e. The Balaban J connectivity index is 1.73. The average Bonchev–Trinajstić information content (AvgIpc) is 2.90. The summed E-state index contributed by atoms with van der Waals surface area (Å²) < 4.78 is 2.08. The van der Waals surface area contributed by atoms with Gasteiger partial charge in [0, 0.05) is 23.1 Å². The van der Waals surface area contributed by atoms with Crippen LogP contribution in [0.15, 0.2) is 36.4 Å². The number of aryl methyl sites for hydroxylation is 1. The van der Waals surface area contributed by atoms with E-state index in [4.69, 9.17) is 5.11 Å². The number of para-hydroxylation sites is 1. The summed E-state index contributed by atoms with van der Waals surface area (Å²) in [6, 6.07) is 12.0. The number of carbonyl (C=O) groups excluding carboxylic acids is 1. The molecule has 1 aromatic heterocycles. The molecule has 0 radical (unpaired) electrons. The molecule has 25 heavy (non-hydrogen) atoms. The lowest BCUT2D eigenvalue weighted by atomic mass is 9.86. The van der Waals surface area contributed by atoms with E-state index in [2.05, 4.69) is 9.88 Å². The number of nitrogens with zero attached hydrogens (tertiary/aromatic N) is 1. The van der Waals surface area contributed by atoms with Crippen molar-refractivity contribution in [3.05, 3.63) is 53.3 Å². The van der Waals surface area contributed by atoms with Gasteiger partial charge in [-0.1, -0.05) is 18.2 Å². The molecule has 132 valence electrons. The van der Waals surface area contributed by atoms with Gasteiger partial charge in [-0.3, -0.25) is 9.59 Å². The molecule has 1 aromatic carbocycles. The van der Waals surface area contributed by atoms with Crippen molar-refractivity contribution in [2.24, 2.45) is 5.92 Å². The number of benzene rings is 1. The summed E-state index contributed by atoms with van der Waals surface area (Å²) in [5.41, 5.74) is 3.66. The fourth-order valence-corrected chi connectivity index (χ4v) is 3.71. The highest BCUT2D eigenvalue weighted by Crippen LogP contribution is 2.25. The summed E-state index contributed by atoms with van der Waals surface area (Å²) in [6.07, 6.45) is 2.70. The minimum atomic E-state index is -0.726. The van der Waals surface area contributed by atoms with Gasteiger partial charge in [0.15, 0.2) is 0 Å². The summed E-state index contributed by atoms with van der Waals surface area (Å²) >= 11 is 0. The second kappa shape index (κ2) is 7.13. The molecule has 1 amide bonds. The topological polar surface area (TPSA) is 71.3 Å². The molecule has 1 aliphatic carbocycles. The molecule has 5 nitrogen and oxygen atoms in total. The van der Waals surface area contributed by atoms with Gasteiger partial charge in [0.1, 0.15) is 0 Å². The second-order valence-corrected chi connectivity index (χ2v) is 6.82. The molecule has 2 aromatic rings. The average molecular weight is 340 g/mol. The van der Waals surface area contributed by atoms with Gasteiger partial charge < -0.3 is 15.0 Å². The van der Waals surface area contributed by atoms with E-state index in [0.29, 0.717) is 18.4 Å². The molecule has 5 heteroatoms. The van der Waals surface area contributed by atoms with Gasteiger partial charge >= 0.3 is 5.97 Å². The first-order valence-corrected chi connectivity index (χ1v) is 8.75. The summed E-state index contributed by atoms with van der Waals surface area (Å²) in [6.45, 7) is 3.95. The Labute approximate surface area is 147 Å².